The largest absolute Gasteiger partial charge is 0.399 e. The Balaban J connectivity index is 2.15. The molecule has 0 saturated carbocycles. The van der Waals surface area contributed by atoms with Gasteiger partial charge in [-0.25, -0.2) is 0 Å². The Kier molecular flexibility index (Phi) is 2.19. The lowest BCUT2D eigenvalue weighted by Crippen LogP contribution is -2.11. The second-order valence-electron chi connectivity index (χ2n) is 3.66. The molecule has 5 heteroatoms. The summed E-state index contributed by atoms with van der Waals surface area (Å²) in [6, 6.07) is 9.02. The second-order valence-corrected chi connectivity index (χ2v) is 4.60. The molecule has 0 spiro atoms. The predicted octanol–water partition coefficient (Wildman–Crippen LogP) is 2.37. The fourth-order valence-corrected chi connectivity index (χ4v) is 2.37. The Hall–Kier alpha value is -2.14. The monoisotopic (exact) mass is 243 g/mol. The highest BCUT2D eigenvalue weighted by molar-refractivity contribution is 7.12. The maximum absolute atomic E-state index is 12.1. The summed E-state index contributed by atoms with van der Waals surface area (Å²) in [6.45, 7) is 0. The Morgan fingerprint density at radius 2 is 2.24 bits per heavy atom. The molecule has 0 unspecified atom stereocenters. The van der Waals surface area contributed by atoms with Crippen LogP contribution in [0.4, 0.5) is 5.69 Å². The molecule has 2 aromatic heterocycles. The van der Waals surface area contributed by atoms with Crippen molar-refractivity contribution in [2.75, 3.05) is 5.73 Å². The number of carbonyl (C=O) groups excluding carboxylic acids is 1. The number of benzene rings is 1. The summed E-state index contributed by atoms with van der Waals surface area (Å²) in [5, 5.41) is 6.85. The van der Waals surface area contributed by atoms with Crippen molar-refractivity contribution in [3.05, 3.63) is 46.8 Å². The Bertz CT molecular complexity index is 685. The minimum atomic E-state index is -0.111. The zero-order valence-electron chi connectivity index (χ0n) is 8.83. The van der Waals surface area contributed by atoms with Gasteiger partial charge in [0, 0.05) is 11.1 Å². The normalized spacial score (nSPS) is 10.8. The molecule has 2 heterocycles. The van der Waals surface area contributed by atoms with Crippen LogP contribution in [-0.2, 0) is 0 Å². The van der Waals surface area contributed by atoms with Gasteiger partial charge in [-0.05, 0) is 29.6 Å². The van der Waals surface area contributed by atoms with Gasteiger partial charge in [0.2, 0.25) is 0 Å². The Morgan fingerprint density at radius 1 is 1.35 bits per heavy atom. The summed E-state index contributed by atoms with van der Waals surface area (Å²) in [5.41, 5.74) is 7.13. The molecule has 0 atom stereocenters. The van der Waals surface area contributed by atoms with Crippen LogP contribution in [0.3, 0.4) is 0 Å². The Labute approximate surface area is 101 Å². The van der Waals surface area contributed by atoms with Crippen molar-refractivity contribution in [2.45, 2.75) is 0 Å². The van der Waals surface area contributed by atoms with Crippen LogP contribution in [0.25, 0.3) is 10.9 Å². The summed E-state index contributed by atoms with van der Waals surface area (Å²) in [7, 11) is 0. The highest BCUT2D eigenvalue weighted by Crippen LogP contribution is 2.19. The smallest absolute Gasteiger partial charge is 0.288 e. The van der Waals surface area contributed by atoms with E-state index in [0.717, 1.165) is 10.9 Å². The first-order chi connectivity index (χ1) is 8.25. The molecule has 0 amide bonds. The lowest BCUT2D eigenvalue weighted by Gasteiger charge is -2.00. The van der Waals surface area contributed by atoms with Gasteiger partial charge in [-0.3, -0.25) is 4.79 Å². The average molecular weight is 243 g/mol. The van der Waals surface area contributed by atoms with Crippen LogP contribution < -0.4 is 5.73 Å². The van der Waals surface area contributed by atoms with E-state index in [4.69, 9.17) is 5.73 Å². The topological polar surface area (TPSA) is 60.9 Å². The zero-order chi connectivity index (χ0) is 11.8. The molecule has 0 saturated heterocycles. The van der Waals surface area contributed by atoms with Crippen molar-refractivity contribution in [1.82, 2.24) is 9.78 Å². The molecule has 3 rings (SSSR count). The minimum Gasteiger partial charge on any atom is -0.399 e. The summed E-state index contributed by atoms with van der Waals surface area (Å²) in [4.78, 5) is 12.8. The molecule has 0 aliphatic carbocycles. The van der Waals surface area contributed by atoms with Gasteiger partial charge in [0.1, 0.15) is 0 Å². The molecule has 1 aromatic carbocycles. The molecule has 4 nitrogen and oxygen atoms in total. The van der Waals surface area contributed by atoms with Crippen molar-refractivity contribution in [3.8, 4) is 0 Å². The molecule has 3 aromatic rings. The third kappa shape index (κ3) is 1.60. The number of carbonyl (C=O) groups is 1. The number of hydrogen-bond donors (Lipinski definition) is 1. The van der Waals surface area contributed by atoms with Crippen molar-refractivity contribution in [1.29, 1.82) is 0 Å². The SMILES string of the molecule is Nc1ccc2c(cnn2C(=O)c2cccs2)c1. The van der Waals surface area contributed by atoms with Crippen LogP contribution in [-0.4, -0.2) is 15.7 Å². The number of nitrogens with zero attached hydrogens (tertiary/aromatic N) is 2. The summed E-state index contributed by atoms with van der Waals surface area (Å²) in [5.74, 6) is -0.111. The molecule has 0 aliphatic heterocycles. The highest BCUT2D eigenvalue weighted by Gasteiger charge is 2.13. The van der Waals surface area contributed by atoms with Crippen LogP contribution in [0.5, 0.6) is 0 Å². The van der Waals surface area contributed by atoms with Crippen LogP contribution in [0, 0.1) is 0 Å². The third-order valence-electron chi connectivity index (χ3n) is 2.52. The van der Waals surface area contributed by atoms with E-state index in [2.05, 4.69) is 5.10 Å². The molecule has 0 bridgehead atoms. The molecular formula is C12H9N3OS. The zero-order valence-corrected chi connectivity index (χ0v) is 9.65. The van der Waals surface area contributed by atoms with Gasteiger partial charge in [-0.1, -0.05) is 6.07 Å². The average Bonchev–Trinajstić information content (AvgIpc) is 2.96. The number of fused-ring (bicyclic) bond motifs is 1. The van der Waals surface area contributed by atoms with Crippen molar-refractivity contribution < 1.29 is 4.79 Å². The van der Waals surface area contributed by atoms with E-state index in [0.29, 0.717) is 10.6 Å². The van der Waals surface area contributed by atoms with Gasteiger partial charge < -0.3 is 5.73 Å². The van der Waals surface area contributed by atoms with Gasteiger partial charge in [0.05, 0.1) is 16.6 Å². The third-order valence-corrected chi connectivity index (χ3v) is 3.37. The van der Waals surface area contributed by atoms with Gasteiger partial charge in [-0.2, -0.15) is 9.78 Å². The van der Waals surface area contributed by atoms with E-state index in [1.54, 1.807) is 24.4 Å². The van der Waals surface area contributed by atoms with Gasteiger partial charge >= 0.3 is 0 Å². The number of hydrogen-bond acceptors (Lipinski definition) is 4. The first kappa shape index (κ1) is 10.0. The maximum Gasteiger partial charge on any atom is 0.288 e. The van der Waals surface area contributed by atoms with Gasteiger partial charge in [0.25, 0.3) is 5.91 Å². The molecular weight excluding hydrogens is 234 g/mol. The first-order valence-corrected chi connectivity index (χ1v) is 5.95. The minimum absolute atomic E-state index is 0.111. The second kappa shape index (κ2) is 3.71. The van der Waals surface area contributed by atoms with Crippen LogP contribution in [0.15, 0.2) is 41.9 Å². The number of anilines is 1. The number of aromatic nitrogens is 2. The molecule has 0 fully saturated rings. The molecule has 2 N–H and O–H groups in total. The van der Waals surface area contributed by atoms with E-state index in [1.807, 2.05) is 17.5 Å². The molecule has 17 heavy (non-hydrogen) atoms. The van der Waals surface area contributed by atoms with Crippen LogP contribution in [0.2, 0.25) is 0 Å². The summed E-state index contributed by atoms with van der Waals surface area (Å²) >= 11 is 1.41. The first-order valence-electron chi connectivity index (χ1n) is 5.07. The van der Waals surface area contributed by atoms with Crippen LogP contribution >= 0.6 is 11.3 Å². The van der Waals surface area contributed by atoms with E-state index >= 15 is 0 Å². The number of nitrogen functional groups attached to an aromatic ring is 1. The number of thiophene rings is 1. The van der Waals surface area contributed by atoms with E-state index in [-0.39, 0.29) is 5.91 Å². The predicted molar refractivity (Wildman–Crippen MR) is 68.2 cm³/mol. The van der Waals surface area contributed by atoms with Gasteiger partial charge in [0.15, 0.2) is 0 Å². The number of rotatable bonds is 1. The van der Waals surface area contributed by atoms with Crippen molar-refractivity contribution in [2.24, 2.45) is 0 Å². The summed E-state index contributed by atoms with van der Waals surface area (Å²) < 4.78 is 1.40. The fraction of sp³-hybridized carbons (Fsp3) is 0. The fourth-order valence-electron chi connectivity index (χ4n) is 1.72. The molecule has 0 radical (unpaired) electrons. The lowest BCUT2D eigenvalue weighted by atomic mass is 10.2. The number of nitrogens with two attached hydrogens (primary N) is 1. The Morgan fingerprint density at radius 3 is 3.00 bits per heavy atom. The quantitative estimate of drug-likeness (QED) is 0.667. The van der Waals surface area contributed by atoms with E-state index in [1.165, 1.54) is 16.0 Å². The van der Waals surface area contributed by atoms with E-state index in [9.17, 15) is 4.79 Å². The van der Waals surface area contributed by atoms with E-state index < -0.39 is 0 Å². The molecule has 0 aliphatic rings. The molecule has 84 valence electrons. The standard InChI is InChI=1S/C12H9N3OS/c13-9-3-4-10-8(6-9)7-14-15(10)12(16)11-2-1-5-17-11/h1-7H,13H2. The maximum atomic E-state index is 12.1. The highest BCUT2D eigenvalue weighted by atomic mass is 32.1. The van der Waals surface area contributed by atoms with Crippen molar-refractivity contribution in [3.63, 3.8) is 0 Å². The van der Waals surface area contributed by atoms with Gasteiger partial charge in [-0.15, -0.1) is 11.3 Å². The lowest BCUT2D eigenvalue weighted by molar-refractivity contribution is 0.0954. The summed E-state index contributed by atoms with van der Waals surface area (Å²) in [6.07, 6.45) is 1.65. The van der Waals surface area contributed by atoms with Crippen molar-refractivity contribution >= 4 is 33.8 Å². The van der Waals surface area contributed by atoms with Crippen LogP contribution in [0.1, 0.15) is 9.67 Å².